The number of esters is 1. The van der Waals surface area contributed by atoms with Crippen LogP contribution in [0.3, 0.4) is 0 Å². The van der Waals surface area contributed by atoms with E-state index in [9.17, 15) is 4.79 Å². The molecule has 7 rings (SSSR count). The average Bonchev–Trinajstić information content (AvgIpc) is 3.58. The first-order valence-electron chi connectivity index (χ1n) is 22.8. The molecule has 0 radical (unpaired) electrons. The summed E-state index contributed by atoms with van der Waals surface area (Å²) < 4.78 is 40.4. The third kappa shape index (κ3) is 10.9. The van der Waals surface area contributed by atoms with Crippen molar-refractivity contribution >= 4 is 17.3 Å². The summed E-state index contributed by atoms with van der Waals surface area (Å²) in [6.07, 6.45) is 16.2. The number of rotatable bonds is 11. The number of carbonyl (C=O) groups is 1. The number of hydrogen-bond acceptors (Lipinski definition) is 10. The summed E-state index contributed by atoms with van der Waals surface area (Å²) >= 11 is 0. The Morgan fingerprint density at radius 3 is 2.17 bits per heavy atom. The lowest BCUT2D eigenvalue weighted by atomic mass is 9.47. The number of fused-ring (bicyclic) bond motifs is 6. The fourth-order valence-corrected chi connectivity index (χ4v) is 11.6. The molecule has 0 N–H and O–H groups in total. The van der Waals surface area contributed by atoms with Crippen molar-refractivity contribution in [3.8, 4) is 17.2 Å². The van der Waals surface area contributed by atoms with Gasteiger partial charge in [0, 0.05) is 12.5 Å². The van der Waals surface area contributed by atoms with E-state index in [4.69, 9.17) is 33.2 Å². The van der Waals surface area contributed by atoms with Gasteiger partial charge in [-0.15, -0.1) is 0 Å². The first kappa shape index (κ1) is 43.6. The van der Waals surface area contributed by atoms with Crippen LogP contribution in [0.1, 0.15) is 105 Å². The quantitative estimate of drug-likeness (QED) is 0.125. The largest absolute Gasteiger partial charge is 0.487 e. The zero-order valence-electron chi connectivity index (χ0n) is 36.5. The van der Waals surface area contributed by atoms with E-state index in [0.717, 1.165) is 54.8 Å². The van der Waals surface area contributed by atoms with E-state index < -0.39 is 0 Å². The molecule has 0 saturated heterocycles. The fraction of sp³-hybridized carbons (Fsp3) is 0.694. The van der Waals surface area contributed by atoms with Crippen LogP contribution in [0.15, 0.2) is 64.3 Å². The normalized spacial score (nSPS) is 30.9. The van der Waals surface area contributed by atoms with E-state index in [-0.39, 0.29) is 24.1 Å². The predicted molar refractivity (Wildman–Crippen MR) is 229 cm³/mol. The third-order valence-electron chi connectivity index (χ3n) is 14.7. The van der Waals surface area contributed by atoms with Crippen LogP contribution in [0.5, 0.6) is 17.2 Å². The van der Waals surface area contributed by atoms with Gasteiger partial charge in [0.15, 0.2) is 18.1 Å². The summed E-state index contributed by atoms with van der Waals surface area (Å²) in [5.41, 5.74) is 3.52. The lowest BCUT2D eigenvalue weighted by molar-refractivity contribution is -0.153. The first-order valence-corrected chi connectivity index (χ1v) is 22.8. The van der Waals surface area contributed by atoms with Crippen molar-refractivity contribution < 1.29 is 38.0 Å². The first-order chi connectivity index (χ1) is 28.6. The van der Waals surface area contributed by atoms with Gasteiger partial charge in [-0.05, 0) is 128 Å². The van der Waals surface area contributed by atoms with E-state index in [1.165, 1.54) is 56.9 Å². The molecule has 59 heavy (non-hydrogen) atoms. The Balaban J connectivity index is 0.872. The molecule has 0 bridgehead atoms. The van der Waals surface area contributed by atoms with Gasteiger partial charge in [-0.3, -0.25) is 0 Å². The topological polar surface area (TPSA) is 106 Å². The summed E-state index contributed by atoms with van der Waals surface area (Å²) in [6, 6.07) is 12.7. The number of ether oxygens (including phenoxy) is 7. The molecule has 0 spiro atoms. The molecule has 8 atom stereocenters. The Morgan fingerprint density at radius 1 is 0.763 bits per heavy atom. The molecule has 0 aromatic heterocycles. The van der Waals surface area contributed by atoms with Gasteiger partial charge in [-0.25, -0.2) is 4.79 Å². The molecule has 10 heteroatoms. The van der Waals surface area contributed by atoms with E-state index in [1.54, 1.807) is 18.2 Å². The van der Waals surface area contributed by atoms with E-state index in [2.05, 4.69) is 50.9 Å². The molecule has 2 aromatic carbocycles. The minimum Gasteiger partial charge on any atom is -0.487 e. The molecule has 10 nitrogen and oxygen atoms in total. The molecule has 324 valence electrons. The Morgan fingerprint density at radius 2 is 1.44 bits per heavy atom. The maximum Gasteiger partial charge on any atom is 0.344 e. The van der Waals surface area contributed by atoms with E-state index in [1.807, 2.05) is 24.3 Å². The smallest absolute Gasteiger partial charge is 0.344 e. The number of allylic oxidation sites excluding steroid dienone is 1. The molecule has 0 amide bonds. The van der Waals surface area contributed by atoms with Crippen molar-refractivity contribution in [1.82, 2.24) is 0 Å². The maximum absolute atomic E-state index is 13.0. The number of hydrogen-bond donors (Lipinski definition) is 0. The van der Waals surface area contributed by atoms with Crippen molar-refractivity contribution in [3.63, 3.8) is 0 Å². The summed E-state index contributed by atoms with van der Waals surface area (Å²) in [5, 5.41) is 8.82. The number of benzene rings is 2. The van der Waals surface area contributed by atoms with Crippen LogP contribution in [-0.2, 0) is 23.7 Å². The standard InChI is InChI=1S/C49H70N2O8/c1-34(2)7-6-8-35(3)42-16-17-43-41-15-9-36-31-40(19-21-48(36,4)44(41)20-22-49(42,43)5)59-47(52)33-58-39-13-10-37(11-14-39)50-51-38-12-18-45-46(32-38)57-30-28-55-26-24-53-23-25-54-27-29-56-45/h9-14,18,32,34-35,40-44H,6-8,15-17,19-31,33H2,1-5H3/t35-,40+,41+,42-,43+,44+,48+,49-/m1/s1. The summed E-state index contributed by atoms with van der Waals surface area (Å²) in [4.78, 5) is 13.0. The minimum absolute atomic E-state index is 0.0882. The Bertz CT molecular complexity index is 1730. The van der Waals surface area contributed by atoms with Gasteiger partial charge < -0.3 is 33.2 Å². The van der Waals surface area contributed by atoms with Gasteiger partial charge in [-0.1, -0.05) is 65.5 Å². The van der Waals surface area contributed by atoms with Crippen LogP contribution < -0.4 is 14.2 Å². The van der Waals surface area contributed by atoms with Crippen molar-refractivity contribution in [3.05, 3.63) is 54.1 Å². The summed E-state index contributed by atoms with van der Waals surface area (Å²) in [6.45, 7) is 16.0. The summed E-state index contributed by atoms with van der Waals surface area (Å²) in [5.74, 6) is 6.33. The predicted octanol–water partition coefficient (Wildman–Crippen LogP) is 11.3. The number of nitrogens with zero attached hydrogens (tertiary/aromatic N) is 2. The molecule has 3 saturated carbocycles. The molecular weight excluding hydrogens is 745 g/mol. The van der Waals surface area contributed by atoms with Gasteiger partial charge in [0.05, 0.1) is 51.0 Å². The van der Waals surface area contributed by atoms with Crippen molar-refractivity contribution in [2.45, 2.75) is 111 Å². The van der Waals surface area contributed by atoms with Crippen molar-refractivity contribution in [2.24, 2.45) is 56.6 Å². The second kappa shape index (κ2) is 20.4. The van der Waals surface area contributed by atoms with Gasteiger partial charge in [0.25, 0.3) is 0 Å². The Kier molecular flexibility index (Phi) is 15.1. The van der Waals surface area contributed by atoms with Gasteiger partial charge in [0.1, 0.15) is 25.1 Å². The second-order valence-corrected chi connectivity index (χ2v) is 18.8. The van der Waals surface area contributed by atoms with E-state index >= 15 is 0 Å². The van der Waals surface area contributed by atoms with Gasteiger partial charge >= 0.3 is 5.97 Å². The zero-order chi connectivity index (χ0) is 41.2. The van der Waals surface area contributed by atoms with Crippen LogP contribution in [-0.4, -0.2) is 71.5 Å². The van der Waals surface area contributed by atoms with Crippen molar-refractivity contribution in [1.29, 1.82) is 0 Å². The molecule has 4 aliphatic carbocycles. The van der Waals surface area contributed by atoms with Crippen LogP contribution in [0.4, 0.5) is 11.4 Å². The average molecular weight is 815 g/mol. The monoisotopic (exact) mass is 815 g/mol. The molecule has 0 unspecified atom stereocenters. The lowest BCUT2D eigenvalue weighted by Crippen LogP contribution is -2.51. The number of azo groups is 1. The highest BCUT2D eigenvalue weighted by atomic mass is 16.6. The second-order valence-electron chi connectivity index (χ2n) is 18.8. The van der Waals surface area contributed by atoms with E-state index in [0.29, 0.717) is 86.9 Å². The Labute approximate surface area is 353 Å². The maximum atomic E-state index is 13.0. The van der Waals surface area contributed by atoms with Gasteiger partial charge in [0.2, 0.25) is 0 Å². The molecule has 3 fully saturated rings. The van der Waals surface area contributed by atoms with Crippen LogP contribution in [0.2, 0.25) is 0 Å². The zero-order valence-corrected chi connectivity index (χ0v) is 36.5. The van der Waals surface area contributed by atoms with Crippen LogP contribution in [0, 0.1) is 46.3 Å². The highest BCUT2D eigenvalue weighted by Gasteiger charge is 2.59. The molecule has 1 aliphatic heterocycles. The van der Waals surface area contributed by atoms with Crippen LogP contribution in [0.25, 0.3) is 0 Å². The SMILES string of the molecule is CC(C)CCC[C@@H](C)[C@H]1CC[C@H]2[C@@H]3CC=C4C[C@@H](OC(=O)COc5ccc(N=Nc6ccc7c(c6)OCCOCCOCCOCCO7)cc5)CC[C@]4(C)[C@H]3CC[C@]12C. The highest BCUT2D eigenvalue weighted by Crippen LogP contribution is 2.67. The number of carbonyl (C=O) groups excluding carboxylic acids is 1. The molecule has 5 aliphatic rings. The molecule has 1 heterocycles. The molecular formula is C49H70N2O8. The lowest BCUT2D eigenvalue weighted by Gasteiger charge is -2.58. The summed E-state index contributed by atoms with van der Waals surface area (Å²) in [7, 11) is 0. The fourth-order valence-electron chi connectivity index (χ4n) is 11.6. The Hall–Kier alpha value is -3.47. The molecule has 2 aromatic rings. The van der Waals surface area contributed by atoms with Gasteiger partial charge in [-0.2, -0.15) is 10.2 Å². The van der Waals surface area contributed by atoms with Crippen LogP contribution >= 0.6 is 0 Å². The highest BCUT2D eigenvalue weighted by molar-refractivity contribution is 5.71. The minimum atomic E-state index is -0.318. The third-order valence-corrected chi connectivity index (χ3v) is 14.7. The van der Waals surface area contributed by atoms with Crippen molar-refractivity contribution in [2.75, 3.05) is 59.5 Å².